The molecule has 118 valence electrons. The lowest BCUT2D eigenvalue weighted by Crippen LogP contribution is -2.14. The van der Waals surface area contributed by atoms with E-state index in [-0.39, 0.29) is 6.10 Å². The maximum absolute atomic E-state index is 11.8. The Morgan fingerprint density at radius 3 is 2.33 bits per heavy atom. The number of ether oxygens (including phenoxy) is 2. The van der Waals surface area contributed by atoms with Crippen LogP contribution in [-0.4, -0.2) is 12.8 Å². The minimum Gasteiger partial charge on any atom is -0.434 e. The van der Waals surface area contributed by atoms with Gasteiger partial charge in [-0.15, -0.1) is 0 Å². The predicted molar refractivity (Wildman–Crippen MR) is 85.3 cm³/mol. The van der Waals surface area contributed by atoms with E-state index < -0.39 is 6.16 Å². The van der Waals surface area contributed by atoms with E-state index in [0.717, 1.165) is 50.5 Å². The summed E-state index contributed by atoms with van der Waals surface area (Å²) in [5.74, 6) is 0. The van der Waals surface area contributed by atoms with Crippen LogP contribution in [0.15, 0.2) is 30.3 Å². The molecule has 0 amide bonds. The topological polar surface area (TPSA) is 35.5 Å². The third kappa shape index (κ3) is 7.74. The first-order valence-electron chi connectivity index (χ1n) is 8.16. The van der Waals surface area contributed by atoms with Gasteiger partial charge in [-0.1, -0.05) is 69.9 Å². The van der Waals surface area contributed by atoms with Gasteiger partial charge in [0, 0.05) is 0 Å². The molecule has 1 aromatic rings. The molecule has 0 aliphatic carbocycles. The van der Waals surface area contributed by atoms with Gasteiger partial charge in [0.2, 0.25) is 0 Å². The molecular formula is C18H28O3. The van der Waals surface area contributed by atoms with Gasteiger partial charge in [0.05, 0.1) is 6.61 Å². The number of hydrogen-bond acceptors (Lipinski definition) is 3. The Kier molecular flexibility index (Phi) is 9.34. The molecule has 0 heterocycles. The molecular weight excluding hydrogens is 264 g/mol. The van der Waals surface area contributed by atoms with Crippen LogP contribution in [0.5, 0.6) is 0 Å². The zero-order valence-corrected chi connectivity index (χ0v) is 13.3. The van der Waals surface area contributed by atoms with Gasteiger partial charge in [0.1, 0.15) is 6.10 Å². The standard InChI is InChI=1S/C18H28O3/c1-3-5-8-14-17(16-12-9-7-10-13-16)21-18(19)20-15-11-6-4-2/h7,9-10,12-13,17H,3-6,8,11,14-15H2,1-2H3. The van der Waals surface area contributed by atoms with Crippen molar-refractivity contribution >= 4 is 6.16 Å². The highest BCUT2D eigenvalue weighted by atomic mass is 16.7. The van der Waals surface area contributed by atoms with Gasteiger partial charge in [0.25, 0.3) is 0 Å². The van der Waals surface area contributed by atoms with E-state index in [0.29, 0.717) is 6.61 Å². The largest absolute Gasteiger partial charge is 0.508 e. The fourth-order valence-electron chi connectivity index (χ4n) is 2.20. The van der Waals surface area contributed by atoms with Crippen LogP contribution in [-0.2, 0) is 9.47 Å². The predicted octanol–water partition coefficient (Wildman–Crippen LogP) is 5.65. The Bertz CT molecular complexity index is 375. The summed E-state index contributed by atoms with van der Waals surface area (Å²) < 4.78 is 10.6. The van der Waals surface area contributed by atoms with Gasteiger partial charge in [-0.3, -0.25) is 0 Å². The lowest BCUT2D eigenvalue weighted by atomic mass is 10.0. The number of carbonyl (C=O) groups is 1. The Morgan fingerprint density at radius 1 is 1.00 bits per heavy atom. The molecule has 1 aromatic carbocycles. The Morgan fingerprint density at radius 2 is 1.67 bits per heavy atom. The van der Waals surface area contributed by atoms with Crippen molar-refractivity contribution in [1.29, 1.82) is 0 Å². The number of hydrogen-bond donors (Lipinski definition) is 0. The highest BCUT2D eigenvalue weighted by Crippen LogP contribution is 2.24. The summed E-state index contributed by atoms with van der Waals surface area (Å²) >= 11 is 0. The maximum Gasteiger partial charge on any atom is 0.508 e. The minimum absolute atomic E-state index is 0.198. The van der Waals surface area contributed by atoms with Crippen LogP contribution in [0.2, 0.25) is 0 Å². The van der Waals surface area contributed by atoms with Crippen LogP contribution in [0.4, 0.5) is 4.79 Å². The zero-order chi connectivity index (χ0) is 15.3. The van der Waals surface area contributed by atoms with Crippen molar-refractivity contribution in [2.24, 2.45) is 0 Å². The van der Waals surface area contributed by atoms with Gasteiger partial charge in [-0.05, 0) is 24.8 Å². The molecule has 0 radical (unpaired) electrons. The number of benzene rings is 1. The van der Waals surface area contributed by atoms with Crippen molar-refractivity contribution in [1.82, 2.24) is 0 Å². The molecule has 0 aliphatic heterocycles. The van der Waals surface area contributed by atoms with E-state index in [2.05, 4.69) is 13.8 Å². The van der Waals surface area contributed by atoms with Gasteiger partial charge in [-0.2, -0.15) is 0 Å². The molecule has 0 fully saturated rings. The van der Waals surface area contributed by atoms with Crippen molar-refractivity contribution in [3.63, 3.8) is 0 Å². The number of carbonyl (C=O) groups excluding carboxylic acids is 1. The van der Waals surface area contributed by atoms with Gasteiger partial charge in [0.15, 0.2) is 0 Å². The Balaban J connectivity index is 2.46. The fourth-order valence-corrected chi connectivity index (χ4v) is 2.20. The highest BCUT2D eigenvalue weighted by Gasteiger charge is 2.17. The summed E-state index contributed by atoms with van der Waals surface area (Å²) in [4.78, 5) is 11.8. The molecule has 21 heavy (non-hydrogen) atoms. The van der Waals surface area contributed by atoms with Crippen molar-refractivity contribution in [3.8, 4) is 0 Å². The molecule has 0 spiro atoms. The quantitative estimate of drug-likeness (QED) is 0.413. The first-order valence-corrected chi connectivity index (χ1v) is 8.16. The molecule has 0 bridgehead atoms. The molecule has 0 aliphatic rings. The monoisotopic (exact) mass is 292 g/mol. The van der Waals surface area contributed by atoms with E-state index in [1.165, 1.54) is 0 Å². The van der Waals surface area contributed by atoms with Crippen LogP contribution < -0.4 is 0 Å². The van der Waals surface area contributed by atoms with Crippen LogP contribution in [0.25, 0.3) is 0 Å². The number of rotatable bonds is 10. The highest BCUT2D eigenvalue weighted by molar-refractivity contribution is 5.60. The third-order valence-corrected chi connectivity index (χ3v) is 3.45. The van der Waals surface area contributed by atoms with Crippen LogP contribution in [0.1, 0.15) is 70.5 Å². The van der Waals surface area contributed by atoms with Crippen LogP contribution in [0.3, 0.4) is 0 Å². The summed E-state index contributed by atoms with van der Waals surface area (Å²) in [5, 5.41) is 0. The van der Waals surface area contributed by atoms with E-state index >= 15 is 0 Å². The Hall–Kier alpha value is -1.51. The Labute approximate surface area is 128 Å². The first kappa shape index (κ1) is 17.5. The summed E-state index contributed by atoms with van der Waals surface area (Å²) in [6, 6.07) is 9.91. The molecule has 3 heteroatoms. The molecule has 0 saturated heterocycles. The van der Waals surface area contributed by atoms with Gasteiger partial charge >= 0.3 is 6.16 Å². The summed E-state index contributed by atoms with van der Waals surface area (Å²) in [5.41, 5.74) is 1.04. The van der Waals surface area contributed by atoms with E-state index in [4.69, 9.17) is 9.47 Å². The third-order valence-electron chi connectivity index (χ3n) is 3.45. The van der Waals surface area contributed by atoms with E-state index in [9.17, 15) is 4.79 Å². The second kappa shape index (κ2) is 11.2. The van der Waals surface area contributed by atoms with E-state index in [1.54, 1.807) is 0 Å². The molecule has 1 unspecified atom stereocenters. The smallest absolute Gasteiger partial charge is 0.434 e. The average molecular weight is 292 g/mol. The minimum atomic E-state index is -0.545. The number of unbranched alkanes of at least 4 members (excludes halogenated alkanes) is 4. The lowest BCUT2D eigenvalue weighted by Gasteiger charge is -2.18. The molecule has 0 saturated carbocycles. The molecule has 3 nitrogen and oxygen atoms in total. The maximum atomic E-state index is 11.8. The zero-order valence-electron chi connectivity index (χ0n) is 13.3. The average Bonchev–Trinajstić information content (AvgIpc) is 2.52. The normalized spacial score (nSPS) is 11.9. The van der Waals surface area contributed by atoms with Crippen molar-refractivity contribution < 1.29 is 14.3 Å². The second-order valence-electron chi connectivity index (χ2n) is 5.32. The first-order chi connectivity index (χ1) is 10.3. The van der Waals surface area contributed by atoms with Crippen LogP contribution >= 0.6 is 0 Å². The summed E-state index contributed by atoms with van der Waals surface area (Å²) in [7, 11) is 0. The molecule has 1 atom stereocenters. The van der Waals surface area contributed by atoms with Crippen molar-refractivity contribution in [3.05, 3.63) is 35.9 Å². The molecule has 1 rings (SSSR count). The summed E-state index contributed by atoms with van der Waals surface area (Å²) in [6.45, 7) is 4.74. The van der Waals surface area contributed by atoms with Gasteiger partial charge < -0.3 is 9.47 Å². The summed E-state index contributed by atoms with van der Waals surface area (Å²) in [6.07, 6.45) is 6.56. The fraction of sp³-hybridized carbons (Fsp3) is 0.611. The lowest BCUT2D eigenvalue weighted by molar-refractivity contribution is 0.0183. The van der Waals surface area contributed by atoms with Crippen molar-refractivity contribution in [2.45, 2.75) is 64.9 Å². The van der Waals surface area contributed by atoms with E-state index in [1.807, 2.05) is 30.3 Å². The second-order valence-corrected chi connectivity index (χ2v) is 5.32. The molecule has 0 N–H and O–H groups in total. The SMILES string of the molecule is CCCCCOC(=O)OC(CCCCC)c1ccccc1. The van der Waals surface area contributed by atoms with Crippen molar-refractivity contribution in [2.75, 3.05) is 6.61 Å². The van der Waals surface area contributed by atoms with Gasteiger partial charge in [-0.25, -0.2) is 4.79 Å². The molecule has 0 aromatic heterocycles. The van der Waals surface area contributed by atoms with Crippen LogP contribution in [0, 0.1) is 0 Å².